The lowest BCUT2D eigenvalue weighted by molar-refractivity contribution is -0.167. The third-order valence-corrected chi connectivity index (χ3v) is 4.90. The summed E-state index contributed by atoms with van der Waals surface area (Å²) in [5.41, 5.74) is 0.870. The van der Waals surface area contributed by atoms with Crippen molar-refractivity contribution < 1.29 is 32.3 Å². The number of rotatable bonds is 6. The van der Waals surface area contributed by atoms with Crippen LogP contribution in [0.4, 0.5) is 24.5 Å². The van der Waals surface area contributed by atoms with Crippen LogP contribution in [0.15, 0.2) is 46.9 Å². The Morgan fingerprint density at radius 2 is 1.48 bits per heavy atom. The maximum Gasteiger partial charge on any atom is 0.471 e. The third-order valence-electron chi connectivity index (χ3n) is 4.40. The number of hydrogen-bond donors (Lipinski definition) is 2. The zero-order chi connectivity index (χ0) is 22.8. The second kappa shape index (κ2) is 8.88. The maximum absolute atomic E-state index is 12.4. The first kappa shape index (κ1) is 22.5. The average molecular weight is 498 g/mol. The molecule has 1 heterocycles. The van der Waals surface area contributed by atoms with Gasteiger partial charge in [0.2, 0.25) is 5.91 Å². The standard InChI is InChI=1S/C20H15BrF3N3O4/c21-11-3-8-14-15(10-11)18(30)27(17(14)29)9-1-2-16(28)25-12-4-6-13(7-5-12)26-19(31)20(22,23)24/h3-8,10H,1-2,9H2,(H,25,28)(H,26,31). The van der Waals surface area contributed by atoms with E-state index < -0.39 is 29.8 Å². The number of nitrogens with zero attached hydrogens (tertiary/aromatic N) is 1. The minimum atomic E-state index is -5.00. The molecule has 4 amide bonds. The Hall–Kier alpha value is -3.21. The van der Waals surface area contributed by atoms with Crippen molar-refractivity contribution in [1.82, 2.24) is 4.90 Å². The quantitative estimate of drug-likeness (QED) is 0.590. The van der Waals surface area contributed by atoms with Gasteiger partial charge < -0.3 is 10.6 Å². The molecule has 0 atom stereocenters. The number of hydrogen-bond acceptors (Lipinski definition) is 4. The van der Waals surface area contributed by atoms with E-state index in [0.717, 1.165) is 4.90 Å². The SMILES string of the molecule is O=C(CCCN1C(=O)c2ccc(Br)cc2C1=O)Nc1ccc(NC(=O)C(F)(F)F)cc1. The first-order chi connectivity index (χ1) is 14.6. The number of amides is 4. The van der Waals surface area contributed by atoms with Crippen LogP contribution in [0.5, 0.6) is 0 Å². The van der Waals surface area contributed by atoms with Crippen molar-refractivity contribution in [3.8, 4) is 0 Å². The smallest absolute Gasteiger partial charge is 0.326 e. The van der Waals surface area contributed by atoms with Crippen LogP contribution in [0.3, 0.4) is 0 Å². The molecule has 0 saturated heterocycles. The molecule has 3 rings (SSSR count). The summed E-state index contributed by atoms with van der Waals surface area (Å²) in [7, 11) is 0. The molecule has 2 aromatic carbocycles. The molecule has 1 aliphatic heterocycles. The van der Waals surface area contributed by atoms with Crippen LogP contribution in [0.2, 0.25) is 0 Å². The van der Waals surface area contributed by atoms with E-state index >= 15 is 0 Å². The van der Waals surface area contributed by atoms with Gasteiger partial charge in [-0.25, -0.2) is 0 Å². The number of fused-ring (bicyclic) bond motifs is 1. The zero-order valence-corrected chi connectivity index (χ0v) is 17.3. The third kappa shape index (κ3) is 5.29. The van der Waals surface area contributed by atoms with Gasteiger partial charge in [0.1, 0.15) is 0 Å². The lowest BCUT2D eigenvalue weighted by Crippen LogP contribution is -2.31. The molecule has 2 aromatic rings. The predicted octanol–water partition coefficient (Wildman–Crippen LogP) is 3.96. The molecule has 0 unspecified atom stereocenters. The summed E-state index contributed by atoms with van der Waals surface area (Å²) in [6, 6.07) is 9.92. The molecule has 0 aromatic heterocycles. The molecule has 0 bridgehead atoms. The topological polar surface area (TPSA) is 95.6 Å². The molecule has 0 aliphatic carbocycles. The molecular formula is C20H15BrF3N3O4. The van der Waals surface area contributed by atoms with Crippen molar-refractivity contribution in [3.05, 3.63) is 58.1 Å². The van der Waals surface area contributed by atoms with Crippen molar-refractivity contribution in [2.24, 2.45) is 0 Å². The molecule has 0 radical (unpaired) electrons. The van der Waals surface area contributed by atoms with E-state index in [1.165, 1.54) is 24.3 Å². The number of imide groups is 1. The normalized spacial score (nSPS) is 13.2. The molecule has 2 N–H and O–H groups in total. The summed E-state index contributed by atoms with van der Waals surface area (Å²) >= 11 is 3.25. The van der Waals surface area contributed by atoms with Crippen LogP contribution in [-0.4, -0.2) is 41.2 Å². The Morgan fingerprint density at radius 1 is 0.903 bits per heavy atom. The number of halogens is 4. The largest absolute Gasteiger partial charge is 0.471 e. The number of carbonyl (C=O) groups is 4. The zero-order valence-electron chi connectivity index (χ0n) is 15.8. The molecule has 31 heavy (non-hydrogen) atoms. The highest BCUT2D eigenvalue weighted by Gasteiger charge is 2.38. The minimum Gasteiger partial charge on any atom is -0.326 e. The van der Waals surface area contributed by atoms with Crippen LogP contribution in [0, 0.1) is 0 Å². The van der Waals surface area contributed by atoms with Crippen LogP contribution in [-0.2, 0) is 9.59 Å². The van der Waals surface area contributed by atoms with Crippen LogP contribution in [0.1, 0.15) is 33.6 Å². The molecule has 0 fully saturated rings. The van der Waals surface area contributed by atoms with Crippen molar-refractivity contribution in [3.63, 3.8) is 0 Å². The second-order valence-electron chi connectivity index (χ2n) is 6.63. The molecule has 162 valence electrons. The number of carbonyl (C=O) groups excluding carboxylic acids is 4. The highest BCUT2D eigenvalue weighted by molar-refractivity contribution is 9.10. The van der Waals surface area contributed by atoms with Crippen LogP contribution in [0.25, 0.3) is 0 Å². The molecular weight excluding hydrogens is 483 g/mol. The summed E-state index contributed by atoms with van der Waals surface area (Å²) in [6.45, 7) is 0.0692. The monoisotopic (exact) mass is 497 g/mol. The second-order valence-corrected chi connectivity index (χ2v) is 7.55. The summed E-state index contributed by atoms with van der Waals surface area (Å²) in [4.78, 5) is 48.8. The van der Waals surface area contributed by atoms with E-state index in [9.17, 15) is 32.3 Å². The van der Waals surface area contributed by atoms with Crippen molar-refractivity contribution in [1.29, 1.82) is 0 Å². The Morgan fingerprint density at radius 3 is 2.10 bits per heavy atom. The summed E-state index contributed by atoms with van der Waals surface area (Å²) < 4.78 is 37.4. The fourth-order valence-corrected chi connectivity index (χ4v) is 3.29. The van der Waals surface area contributed by atoms with Gasteiger partial charge in [0.15, 0.2) is 0 Å². The Balaban J connectivity index is 1.48. The summed E-state index contributed by atoms with van der Waals surface area (Å²) in [5, 5.41) is 4.25. The van der Waals surface area contributed by atoms with Gasteiger partial charge in [-0.15, -0.1) is 0 Å². The molecule has 0 saturated carbocycles. The maximum atomic E-state index is 12.4. The Kier molecular flexibility index (Phi) is 6.44. The van der Waals surface area contributed by atoms with Gasteiger partial charge in [0.25, 0.3) is 11.8 Å². The van der Waals surface area contributed by atoms with E-state index in [1.807, 2.05) is 0 Å². The van der Waals surface area contributed by atoms with Gasteiger partial charge in [0, 0.05) is 28.8 Å². The number of nitrogens with one attached hydrogen (secondary N) is 2. The number of alkyl halides is 3. The van der Waals surface area contributed by atoms with Gasteiger partial charge in [-0.3, -0.25) is 24.1 Å². The first-order valence-corrected chi connectivity index (χ1v) is 9.79. The van der Waals surface area contributed by atoms with Gasteiger partial charge in [-0.2, -0.15) is 13.2 Å². The molecule has 0 spiro atoms. The Labute approximate surface area is 182 Å². The Bertz CT molecular complexity index is 1050. The summed E-state index contributed by atoms with van der Waals surface area (Å²) in [5.74, 6) is -3.32. The van der Waals surface area contributed by atoms with Gasteiger partial charge >= 0.3 is 12.1 Å². The first-order valence-electron chi connectivity index (χ1n) is 9.00. The minimum absolute atomic E-state index is 0.0175. The van der Waals surface area contributed by atoms with E-state index in [2.05, 4.69) is 21.2 Å². The molecule has 11 heteroatoms. The fraction of sp³-hybridized carbons (Fsp3) is 0.200. The van der Waals surface area contributed by atoms with Gasteiger partial charge in [0.05, 0.1) is 11.1 Å². The average Bonchev–Trinajstić information content (AvgIpc) is 2.93. The molecule has 7 nitrogen and oxygen atoms in total. The van der Waals surface area contributed by atoms with E-state index in [-0.39, 0.29) is 25.1 Å². The number of benzene rings is 2. The van der Waals surface area contributed by atoms with E-state index in [1.54, 1.807) is 23.5 Å². The van der Waals surface area contributed by atoms with Crippen LogP contribution < -0.4 is 10.6 Å². The van der Waals surface area contributed by atoms with Crippen molar-refractivity contribution >= 4 is 50.9 Å². The van der Waals surface area contributed by atoms with Gasteiger partial charge in [-0.1, -0.05) is 15.9 Å². The van der Waals surface area contributed by atoms with Gasteiger partial charge in [-0.05, 0) is 48.9 Å². The van der Waals surface area contributed by atoms with Crippen molar-refractivity contribution in [2.45, 2.75) is 19.0 Å². The molecule has 1 aliphatic rings. The van der Waals surface area contributed by atoms with Crippen LogP contribution >= 0.6 is 15.9 Å². The lowest BCUT2D eigenvalue weighted by atomic mass is 10.1. The number of anilines is 2. The van der Waals surface area contributed by atoms with E-state index in [0.29, 0.717) is 21.3 Å². The highest BCUT2D eigenvalue weighted by atomic mass is 79.9. The van der Waals surface area contributed by atoms with E-state index in [4.69, 9.17) is 0 Å². The lowest BCUT2D eigenvalue weighted by Gasteiger charge is -2.13. The fourth-order valence-electron chi connectivity index (χ4n) is 2.93. The predicted molar refractivity (Wildman–Crippen MR) is 108 cm³/mol. The highest BCUT2D eigenvalue weighted by Crippen LogP contribution is 2.26. The summed E-state index contributed by atoms with van der Waals surface area (Å²) in [6.07, 6.45) is -4.75. The van der Waals surface area contributed by atoms with Crippen molar-refractivity contribution in [2.75, 3.05) is 17.2 Å².